The molecule has 0 saturated carbocycles. The van der Waals surface area contributed by atoms with Crippen molar-refractivity contribution in [2.75, 3.05) is 42.9 Å². The molecule has 3 heterocycles. The Labute approximate surface area is 152 Å². The molecular weight excluding hydrogens is 330 g/mol. The van der Waals surface area contributed by atoms with Crippen LogP contribution in [-0.4, -0.2) is 54.4 Å². The quantitative estimate of drug-likeness (QED) is 0.863. The molecule has 1 aromatic heterocycles. The average Bonchev–Trinajstić information content (AvgIpc) is 2.68. The van der Waals surface area contributed by atoms with Crippen LogP contribution in [0.2, 0.25) is 0 Å². The van der Waals surface area contributed by atoms with Crippen LogP contribution < -0.4 is 15.5 Å². The van der Waals surface area contributed by atoms with Crippen LogP contribution in [0, 0.1) is 0 Å². The number of hydrogen-bond donors (Lipinski definition) is 2. The van der Waals surface area contributed by atoms with E-state index in [4.69, 9.17) is 0 Å². The predicted molar refractivity (Wildman–Crippen MR) is 98.8 cm³/mol. The maximum atomic E-state index is 13.0. The Morgan fingerprint density at radius 1 is 1.23 bits per heavy atom. The largest absolute Gasteiger partial charge is 0.323 e. The molecule has 1 aromatic carbocycles. The molecule has 4 rings (SSSR count). The van der Waals surface area contributed by atoms with Gasteiger partial charge < -0.3 is 10.6 Å². The van der Waals surface area contributed by atoms with Gasteiger partial charge in [-0.05, 0) is 23.8 Å². The lowest BCUT2D eigenvalue weighted by atomic mass is 10.1. The van der Waals surface area contributed by atoms with E-state index in [0.717, 1.165) is 30.9 Å². The lowest BCUT2D eigenvalue weighted by molar-refractivity contribution is -0.123. The molecule has 1 unspecified atom stereocenters. The highest BCUT2D eigenvalue weighted by Gasteiger charge is 2.31. The van der Waals surface area contributed by atoms with Crippen molar-refractivity contribution in [2.45, 2.75) is 6.04 Å². The summed E-state index contributed by atoms with van der Waals surface area (Å²) in [5, 5.41) is 6.20. The normalized spacial score (nSPS) is 20.4. The molecule has 0 bridgehead atoms. The van der Waals surface area contributed by atoms with Crippen LogP contribution >= 0.6 is 0 Å². The molecule has 1 fully saturated rings. The summed E-state index contributed by atoms with van der Waals surface area (Å²) in [6.07, 6.45) is 3.59. The Balaban J connectivity index is 1.54. The second-order valence-electron chi connectivity index (χ2n) is 6.52. The van der Waals surface area contributed by atoms with Crippen molar-refractivity contribution in [1.82, 2.24) is 15.2 Å². The number of amides is 2. The zero-order valence-electron chi connectivity index (χ0n) is 14.4. The summed E-state index contributed by atoms with van der Waals surface area (Å²) < 4.78 is 0. The third-order valence-corrected chi connectivity index (χ3v) is 4.83. The second kappa shape index (κ2) is 7.23. The number of pyridine rings is 1. The SMILES string of the molecule is O=C1CN(C(=O)CN2CCNCC2c2cccnc2)c2ccccc2N1. The van der Waals surface area contributed by atoms with Crippen LogP contribution in [0.15, 0.2) is 48.8 Å². The number of benzene rings is 1. The van der Waals surface area contributed by atoms with Crippen LogP contribution in [0.1, 0.15) is 11.6 Å². The lowest BCUT2D eigenvalue weighted by Crippen LogP contribution is -2.52. The maximum absolute atomic E-state index is 13.0. The molecule has 2 aliphatic heterocycles. The molecule has 1 saturated heterocycles. The van der Waals surface area contributed by atoms with E-state index in [1.54, 1.807) is 11.1 Å². The predicted octanol–water partition coefficient (Wildman–Crippen LogP) is 1.01. The molecular formula is C19H21N5O2. The summed E-state index contributed by atoms with van der Waals surface area (Å²) >= 11 is 0. The number of para-hydroxylation sites is 2. The highest BCUT2D eigenvalue weighted by molar-refractivity contribution is 6.10. The molecule has 1 atom stereocenters. The Morgan fingerprint density at radius 2 is 2.12 bits per heavy atom. The van der Waals surface area contributed by atoms with Crippen LogP contribution in [0.25, 0.3) is 0 Å². The number of fused-ring (bicyclic) bond motifs is 1. The topological polar surface area (TPSA) is 77.6 Å². The van der Waals surface area contributed by atoms with E-state index in [1.807, 2.05) is 42.6 Å². The highest BCUT2D eigenvalue weighted by Crippen LogP contribution is 2.29. The van der Waals surface area contributed by atoms with Crippen molar-refractivity contribution in [1.29, 1.82) is 0 Å². The Morgan fingerprint density at radius 3 is 2.96 bits per heavy atom. The first-order valence-corrected chi connectivity index (χ1v) is 8.76. The van der Waals surface area contributed by atoms with Gasteiger partial charge in [0.05, 0.1) is 17.9 Å². The number of rotatable bonds is 3. The van der Waals surface area contributed by atoms with Crippen LogP contribution in [0.3, 0.4) is 0 Å². The fraction of sp³-hybridized carbons (Fsp3) is 0.316. The van der Waals surface area contributed by atoms with E-state index in [1.165, 1.54) is 0 Å². The molecule has 26 heavy (non-hydrogen) atoms. The van der Waals surface area contributed by atoms with E-state index in [9.17, 15) is 9.59 Å². The van der Waals surface area contributed by atoms with Crippen molar-refractivity contribution < 1.29 is 9.59 Å². The van der Waals surface area contributed by atoms with Crippen molar-refractivity contribution in [3.8, 4) is 0 Å². The van der Waals surface area contributed by atoms with E-state index >= 15 is 0 Å². The number of carbonyl (C=O) groups is 2. The molecule has 0 spiro atoms. The number of anilines is 2. The Hall–Kier alpha value is -2.77. The monoisotopic (exact) mass is 351 g/mol. The Bertz CT molecular complexity index is 811. The molecule has 0 radical (unpaired) electrons. The van der Waals surface area contributed by atoms with Gasteiger partial charge in [0.2, 0.25) is 11.8 Å². The van der Waals surface area contributed by atoms with Crippen molar-refractivity contribution in [2.24, 2.45) is 0 Å². The van der Waals surface area contributed by atoms with Crippen molar-refractivity contribution in [3.05, 3.63) is 54.4 Å². The number of nitrogens with zero attached hydrogens (tertiary/aromatic N) is 3. The van der Waals surface area contributed by atoms with E-state index in [-0.39, 0.29) is 30.9 Å². The minimum absolute atomic E-state index is 0.0551. The average molecular weight is 351 g/mol. The lowest BCUT2D eigenvalue weighted by Gasteiger charge is -2.37. The molecule has 2 aromatic rings. The first-order valence-electron chi connectivity index (χ1n) is 8.76. The molecule has 134 valence electrons. The molecule has 7 heteroatoms. The fourth-order valence-electron chi connectivity index (χ4n) is 3.55. The summed E-state index contributed by atoms with van der Waals surface area (Å²) in [5.41, 5.74) is 2.52. The van der Waals surface area contributed by atoms with Gasteiger partial charge >= 0.3 is 0 Å². The van der Waals surface area contributed by atoms with E-state index in [2.05, 4.69) is 20.5 Å². The third kappa shape index (κ3) is 3.31. The standard InChI is InChI=1S/C19H21N5O2/c25-18-12-24(16-6-2-1-5-15(16)22-18)19(26)13-23-9-8-21-11-17(23)14-4-3-7-20-10-14/h1-7,10,17,21H,8-9,11-13H2,(H,22,25). The van der Waals surface area contributed by atoms with Gasteiger partial charge in [0.15, 0.2) is 0 Å². The summed E-state index contributed by atoms with van der Waals surface area (Å²) in [5.74, 6) is -0.232. The van der Waals surface area contributed by atoms with Gasteiger partial charge in [-0.1, -0.05) is 18.2 Å². The zero-order valence-corrected chi connectivity index (χ0v) is 14.4. The number of piperazine rings is 1. The second-order valence-corrected chi connectivity index (χ2v) is 6.52. The molecule has 7 nitrogen and oxygen atoms in total. The molecule has 0 aliphatic carbocycles. The number of hydrogen-bond acceptors (Lipinski definition) is 5. The third-order valence-electron chi connectivity index (χ3n) is 4.83. The van der Waals surface area contributed by atoms with Gasteiger partial charge in [-0.25, -0.2) is 0 Å². The van der Waals surface area contributed by atoms with Crippen LogP contribution in [-0.2, 0) is 9.59 Å². The van der Waals surface area contributed by atoms with Gasteiger partial charge in [0.25, 0.3) is 0 Å². The fourth-order valence-corrected chi connectivity index (χ4v) is 3.55. The summed E-state index contributed by atoms with van der Waals surface area (Å²) in [6, 6.07) is 11.4. The van der Waals surface area contributed by atoms with Crippen molar-refractivity contribution >= 4 is 23.2 Å². The minimum atomic E-state index is -0.166. The van der Waals surface area contributed by atoms with Gasteiger partial charge in [0.1, 0.15) is 6.54 Å². The van der Waals surface area contributed by atoms with E-state index in [0.29, 0.717) is 5.69 Å². The van der Waals surface area contributed by atoms with Crippen LogP contribution in [0.4, 0.5) is 11.4 Å². The van der Waals surface area contributed by atoms with Gasteiger partial charge in [-0.3, -0.25) is 24.4 Å². The molecule has 2 N–H and O–H groups in total. The smallest absolute Gasteiger partial charge is 0.244 e. The number of nitrogens with one attached hydrogen (secondary N) is 2. The summed E-state index contributed by atoms with van der Waals surface area (Å²) in [7, 11) is 0. The number of carbonyl (C=O) groups excluding carboxylic acids is 2. The summed E-state index contributed by atoms with van der Waals surface area (Å²) in [6.45, 7) is 2.70. The molecule has 2 aliphatic rings. The van der Waals surface area contributed by atoms with Gasteiger partial charge in [-0.15, -0.1) is 0 Å². The first kappa shape index (κ1) is 16.7. The Kier molecular flexibility index (Phi) is 4.64. The van der Waals surface area contributed by atoms with Crippen molar-refractivity contribution in [3.63, 3.8) is 0 Å². The molecule has 2 amide bonds. The summed E-state index contributed by atoms with van der Waals surface area (Å²) in [4.78, 5) is 32.9. The van der Waals surface area contributed by atoms with Crippen LogP contribution in [0.5, 0.6) is 0 Å². The van der Waals surface area contributed by atoms with Gasteiger partial charge in [-0.2, -0.15) is 0 Å². The zero-order chi connectivity index (χ0) is 17.9. The first-order chi connectivity index (χ1) is 12.7. The highest BCUT2D eigenvalue weighted by atomic mass is 16.2. The minimum Gasteiger partial charge on any atom is -0.323 e. The number of aromatic nitrogens is 1. The van der Waals surface area contributed by atoms with E-state index < -0.39 is 0 Å². The maximum Gasteiger partial charge on any atom is 0.244 e. The van der Waals surface area contributed by atoms with Gasteiger partial charge in [0, 0.05) is 38.1 Å².